The van der Waals surface area contributed by atoms with Crippen molar-refractivity contribution in [1.29, 1.82) is 0 Å². The van der Waals surface area contributed by atoms with Gasteiger partial charge in [0.15, 0.2) is 0 Å². The van der Waals surface area contributed by atoms with Gasteiger partial charge in [0.05, 0.1) is 0 Å². The number of hydrogen-bond donors (Lipinski definition) is 0. The maximum absolute atomic E-state index is 3.87. The van der Waals surface area contributed by atoms with E-state index in [1.54, 1.807) is 0 Å². The van der Waals surface area contributed by atoms with E-state index in [4.69, 9.17) is 0 Å². The van der Waals surface area contributed by atoms with Gasteiger partial charge in [-0.3, -0.25) is 0 Å². The van der Waals surface area contributed by atoms with Gasteiger partial charge in [0.1, 0.15) is 0 Å². The van der Waals surface area contributed by atoms with Crippen LogP contribution in [0.1, 0.15) is 94.9 Å². The van der Waals surface area contributed by atoms with E-state index in [-0.39, 0.29) is 0 Å². The fourth-order valence-electron chi connectivity index (χ4n) is 1.36. The second-order valence-electron chi connectivity index (χ2n) is 5.07. The molecule has 0 spiro atoms. The molecule has 0 aromatic heterocycles. The molecule has 0 aliphatic heterocycles. The SMILES string of the molecule is C=C(C)C(C)CCC.C=C(C)C(C)CCC.CC.CC. The Morgan fingerprint density at radius 2 is 0.900 bits per heavy atom. The molecule has 0 aromatic rings. The van der Waals surface area contributed by atoms with E-state index >= 15 is 0 Å². The van der Waals surface area contributed by atoms with Gasteiger partial charge in [0.2, 0.25) is 0 Å². The van der Waals surface area contributed by atoms with Crippen molar-refractivity contribution in [2.75, 3.05) is 0 Å². The summed E-state index contributed by atoms with van der Waals surface area (Å²) in [6.07, 6.45) is 5.12. The third-order valence-electron chi connectivity index (χ3n) is 3.13. The molecule has 0 heteroatoms. The molecular formula is C20H44. The van der Waals surface area contributed by atoms with Gasteiger partial charge in [0, 0.05) is 0 Å². The molecule has 0 aliphatic carbocycles. The molecule has 0 saturated heterocycles. The zero-order valence-corrected chi connectivity index (χ0v) is 16.4. The van der Waals surface area contributed by atoms with Gasteiger partial charge in [-0.05, 0) is 38.5 Å². The Hall–Kier alpha value is -0.520. The molecular weight excluding hydrogens is 240 g/mol. The average molecular weight is 285 g/mol. The van der Waals surface area contributed by atoms with Crippen LogP contribution in [0.4, 0.5) is 0 Å². The fourth-order valence-corrected chi connectivity index (χ4v) is 1.36. The Morgan fingerprint density at radius 3 is 0.950 bits per heavy atom. The van der Waals surface area contributed by atoms with Crippen molar-refractivity contribution in [3.63, 3.8) is 0 Å². The van der Waals surface area contributed by atoms with Crippen LogP contribution >= 0.6 is 0 Å². The van der Waals surface area contributed by atoms with Crippen molar-refractivity contribution in [2.45, 2.75) is 94.9 Å². The van der Waals surface area contributed by atoms with E-state index in [1.165, 1.54) is 36.8 Å². The highest BCUT2D eigenvalue weighted by molar-refractivity contribution is 4.93. The maximum atomic E-state index is 3.87. The largest absolute Gasteiger partial charge is 0.0999 e. The number of hydrogen-bond acceptors (Lipinski definition) is 0. The lowest BCUT2D eigenvalue weighted by Gasteiger charge is -2.06. The van der Waals surface area contributed by atoms with Crippen LogP contribution in [0.3, 0.4) is 0 Å². The standard InChI is InChI=1S/2C8H16.2C2H6/c2*1-5-6-8(4)7(2)3;2*1-2/h2*8H,2,5-6H2,1,3-4H3;2*1-2H3. The van der Waals surface area contributed by atoms with Crippen molar-refractivity contribution >= 4 is 0 Å². The summed E-state index contributed by atoms with van der Waals surface area (Å²) < 4.78 is 0. The maximum Gasteiger partial charge on any atom is -0.0237 e. The van der Waals surface area contributed by atoms with Crippen LogP contribution in [-0.4, -0.2) is 0 Å². The Bertz CT molecular complexity index is 166. The van der Waals surface area contributed by atoms with Crippen molar-refractivity contribution in [3.8, 4) is 0 Å². The highest BCUT2D eigenvalue weighted by Gasteiger charge is 1.98. The first kappa shape index (κ1) is 27.8. The van der Waals surface area contributed by atoms with Crippen LogP contribution < -0.4 is 0 Å². The summed E-state index contributed by atoms with van der Waals surface area (Å²) >= 11 is 0. The van der Waals surface area contributed by atoms with E-state index < -0.39 is 0 Å². The zero-order chi connectivity index (χ0) is 17.1. The van der Waals surface area contributed by atoms with Crippen molar-refractivity contribution in [1.82, 2.24) is 0 Å². The van der Waals surface area contributed by atoms with E-state index in [0.29, 0.717) is 0 Å². The van der Waals surface area contributed by atoms with Gasteiger partial charge in [-0.25, -0.2) is 0 Å². The first-order valence-electron chi connectivity index (χ1n) is 8.67. The molecule has 0 fully saturated rings. The van der Waals surface area contributed by atoms with Crippen LogP contribution in [0.2, 0.25) is 0 Å². The second-order valence-corrected chi connectivity index (χ2v) is 5.07. The van der Waals surface area contributed by atoms with E-state index in [2.05, 4.69) is 54.7 Å². The number of rotatable bonds is 6. The molecule has 0 saturated carbocycles. The highest BCUT2D eigenvalue weighted by Crippen LogP contribution is 2.13. The third kappa shape index (κ3) is 26.1. The summed E-state index contributed by atoms with van der Waals surface area (Å²) in [6.45, 7) is 28.8. The molecule has 2 unspecified atom stereocenters. The van der Waals surface area contributed by atoms with Crippen molar-refractivity contribution in [2.24, 2.45) is 11.8 Å². The summed E-state index contributed by atoms with van der Waals surface area (Å²) in [7, 11) is 0. The third-order valence-corrected chi connectivity index (χ3v) is 3.13. The predicted molar refractivity (Wildman–Crippen MR) is 100 cm³/mol. The van der Waals surface area contributed by atoms with Gasteiger partial charge < -0.3 is 0 Å². The molecule has 0 bridgehead atoms. The molecule has 0 aromatic carbocycles. The Kier molecular flexibility index (Phi) is 32.7. The monoisotopic (exact) mass is 284 g/mol. The molecule has 20 heavy (non-hydrogen) atoms. The molecule has 0 aliphatic rings. The van der Waals surface area contributed by atoms with E-state index in [0.717, 1.165) is 11.8 Å². The molecule has 0 amide bonds. The van der Waals surface area contributed by atoms with Crippen LogP contribution in [0, 0.1) is 11.8 Å². The van der Waals surface area contributed by atoms with Crippen LogP contribution in [0.25, 0.3) is 0 Å². The molecule has 0 N–H and O–H groups in total. The highest BCUT2D eigenvalue weighted by atomic mass is 14.0. The van der Waals surface area contributed by atoms with Crippen LogP contribution in [0.5, 0.6) is 0 Å². The Morgan fingerprint density at radius 1 is 0.700 bits per heavy atom. The lowest BCUT2D eigenvalue weighted by Crippen LogP contribution is -1.92. The zero-order valence-electron chi connectivity index (χ0n) is 16.4. The van der Waals surface area contributed by atoms with Crippen molar-refractivity contribution < 1.29 is 0 Å². The Labute approximate surface area is 131 Å². The first-order valence-corrected chi connectivity index (χ1v) is 8.67. The van der Waals surface area contributed by atoms with Gasteiger partial charge >= 0.3 is 0 Å². The average Bonchev–Trinajstić information content (AvgIpc) is 2.44. The predicted octanol–water partition coefficient (Wildman–Crippen LogP) is 8.05. The summed E-state index contributed by atoms with van der Waals surface area (Å²) in [6, 6.07) is 0. The summed E-state index contributed by atoms with van der Waals surface area (Å²) in [5, 5.41) is 0. The summed E-state index contributed by atoms with van der Waals surface area (Å²) in [5.74, 6) is 1.44. The van der Waals surface area contributed by atoms with Crippen molar-refractivity contribution in [3.05, 3.63) is 24.3 Å². The van der Waals surface area contributed by atoms with Crippen LogP contribution in [0.15, 0.2) is 24.3 Å². The van der Waals surface area contributed by atoms with Gasteiger partial charge in [-0.1, -0.05) is 92.5 Å². The lowest BCUT2D eigenvalue weighted by molar-refractivity contribution is 0.603. The van der Waals surface area contributed by atoms with Gasteiger partial charge in [-0.2, -0.15) is 0 Å². The summed E-state index contributed by atoms with van der Waals surface area (Å²) in [5.41, 5.74) is 2.62. The molecule has 0 heterocycles. The number of allylic oxidation sites excluding steroid dienone is 2. The second kappa shape index (κ2) is 23.6. The lowest BCUT2D eigenvalue weighted by atomic mass is 10.00. The smallest absolute Gasteiger partial charge is 0.0237 e. The van der Waals surface area contributed by atoms with E-state index in [1.807, 2.05) is 27.7 Å². The quantitative estimate of drug-likeness (QED) is 0.433. The fraction of sp³-hybridized carbons (Fsp3) is 0.800. The molecule has 0 radical (unpaired) electrons. The van der Waals surface area contributed by atoms with E-state index in [9.17, 15) is 0 Å². The normalized spacial score (nSPS) is 11.3. The summed E-state index contributed by atoms with van der Waals surface area (Å²) in [4.78, 5) is 0. The van der Waals surface area contributed by atoms with Crippen LogP contribution in [-0.2, 0) is 0 Å². The molecule has 2 atom stereocenters. The van der Waals surface area contributed by atoms with Gasteiger partial charge in [-0.15, -0.1) is 0 Å². The van der Waals surface area contributed by atoms with Gasteiger partial charge in [0.25, 0.3) is 0 Å². The first-order chi connectivity index (χ1) is 9.36. The molecule has 124 valence electrons. The minimum Gasteiger partial charge on any atom is -0.0999 e. The minimum absolute atomic E-state index is 0.722. The molecule has 0 rings (SSSR count). The molecule has 0 nitrogen and oxygen atoms in total. The minimum atomic E-state index is 0.722. The topological polar surface area (TPSA) is 0 Å². The Balaban J connectivity index is -0.000000102.